The van der Waals surface area contributed by atoms with Crippen LogP contribution < -0.4 is 9.47 Å². The topological polar surface area (TPSA) is 52.6 Å². The number of hydrogen-bond donors (Lipinski definition) is 0. The zero-order valence-electron chi connectivity index (χ0n) is 16.4. The Morgan fingerprint density at radius 2 is 1.82 bits per heavy atom. The first-order valence-electron chi connectivity index (χ1n) is 10.1. The van der Waals surface area contributed by atoms with E-state index in [0.29, 0.717) is 6.42 Å². The van der Waals surface area contributed by atoms with Crippen molar-refractivity contribution in [1.29, 1.82) is 0 Å². The number of aldehydes is 1. The maximum Gasteiger partial charge on any atom is 0.161 e. The zero-order valence-corrected chi connectivity index (χ0v) is 16.4. The van der Waals surface area contributed by atoms with Crippen molar-refractivity contribution >= 4 is 12.1 Å². The van der Waals surface area contributed by atoms with Gasteiger partial charge in [0.25, 0.3) is 0 Å². The third-order valence-electron chi connectivity index (χ3n) is 5.36. The largest absolute Gasteiger partial charge is 0.493 e. The van der Waals surface area contributed by atoms with Gasteiger partial charge in [0.15, 0.2) is 11.5 Å². The standard InChI is InChI=1S/C24H28O4/c1-27-23-14-13-19(16-24(23)28-21-11-5-6-12-21)22(17-20(26)10-7-15-25)18-8-3-2-4-9-18/h2-4,8-9,13-16,21-22H,5-7,10-12,17H2,1H3. The van der Waals surface area contributed by atoms with Gasteiger partial charge in [0.05, 0.1) is 13.2 Å². The van der Waals surface area contributed by atoms with Crippen LogP contribution in [0.3, 0.4) is 0 Å². The van der Waals surface area contributed by atoms with Crippen LogP contribution in [0, 0.1) is 0 Å². The van der Waals surface area contributed by atoms with Crippen LogP contribution in [-0.2, 0) is 9.59 Å². The van der Waals surface area contributed by atoms with Gasteiger partial charge in [-0.05, 0) is 48.9 Å². The highest BCUT2D eigenvalue weighted by atomic mass is 16.5. The molecule has 1 atom stereocenters. The number of hydrogen-bond acceptors (Lipinski definition) is 4. The average molecular weight is 380 g/mol. The van der Waals surface area contributed by atoms with Crippen LogP contribution in [0.1, 0.15) is 62.0 Å². The van der Waals surface area contributed by atoms with Crippen molar-refractivity contribution in [2.45, 2.75) is 57.0 Å². The summed E-state index contributed by atoms with van der Waals surface area (Å²) >= 11 is 0. The van der Waals surface area contributed by atoms with E-state index in [4.69, 9.17) is 9.47 Å². The second-order valence-electron chi connectivity index (χ2n) is 7.35. The first-order valence-corrected chi connectivity index (χ1v) is 10.1. The molecule has 4 nitrogen and oxygen atoms in total. The molecule has 0 aliphatic heterocycles. The van der Waals surface area contributed by atoms with E-state index in [1.54, 1.807) is 7.11 Å². The highest BCUT2D eigenvalue weighted by molar-refractivity contribution is 5.81. The van der Waals surface area contributed by atoms with Crippen LogP contribution in [0.25, 0.3) is 0 Å². The molecule has 1 fully saturated rings. The van der Waals surface area contributed by atoms with Crippen molar-refractivity contribution in [2.75, 3.05) is 7.11 Å². The number of benzene rings is 2. The Bertz CT molecular complexity index is 778. The van der Waals surface area contributed by atoms with Gasteiger partial charge in [-0.15, -0.1) is 0 Å². The van der Waals surface area contributed by atoms with Gasteiger partial charge in [-0.2, -0.15) is 0 Å². The minimum atomic E-state index is -0.0720. The minimum absolute atomic E-state index is 0.0720. The SMILES string of the molecule is COc1ccc(C(CC(=O)CCC=O)c2ccccc2)cc1OC1CCCC1. The Balaban J connectivity index is 1.89. The second kappa shape index (κ2) is 10.1. The van der Waals surface area contributed by atoms with Crippen LogP contribution in [0.5, 0.6) is 11.5 Å². The molecule has 2 aromatic rings. The molecular weight excluding hydrogens is 352 g/mol. The molecule has 2 aromatic carbocycles. The lowest BCUT2D eigenvalue weighted by Gasteiger charge is -2.21. The summed E-state index contributed by atoms with van der Waals surface area (Å²) in [4.78, 5) is 23.1. The fourth-order valence-electron chi connectivity index (χ4n) is 3.85. The van der Waals surface area contributed by atoms with Crippen molar-refractivity contribution in [3.05, 3.63) is 59.7 Å². The third kappa shape index (κ3) is 5.22. The number of ether oxygens (including phenoxy) is 2. The number of carbonyl (C=O) groups is 2. The molecule has 1 aliphatic rings. The summed E-state index contributed by atoms with van der Waals surface area (Å²) in [5, 5.41) is 0. The lowest BCUT2D eigenvalue weighted by atomic mass is 9.86. The van der Waals surface area contributed by atoms with Gasteiger partial charge in [0.1, 0.15) is 12.1 Å². The monoisotopic (exact) mass is 380 g/mol. The molecule has 3 rings (SSSR count). The summed E-state index contributed by atoms with van der Waals surface area (Å²) in [7, 11) is 1.65. The molecule has 1 saturated carbocycles. The van der Waals surface area contributed by atoms with E-state index in [1.165, 1.54) is 12.8 Å². The van der Waals surface area contributed by atoms with Crippen LogP contribution in [0.2, 0.25) is 0 Å². The average Bonchev–Trinajstić information content (AvgIpc) is 3.24. The predicted molar refractivity (Wildman–Crippen MR) is 109 cm³/mol. The van der Waals surface area contributed by atoms with Crippen molar-refractivity contribution in [3.8, 4) is 11.5 Å². The summed E-state index contributed by atoms with van der Waals surface area (Å²) < 4.78 is 11.7. The lowest BCUT2D eigenvalue weighted by Crippen LogP contribution is -2.13. The first-order chi connectivity index (χ1) is 13.7. The number of methoxy groups -OCH3 is 1. The van der Waals surface area contributed by atoms with Gasteiger partial charge in [0, 0.05) is 25.2 Å². The van der Waals surface area contributed by atoms with Crippen LogP contribution >= 0.6 is 0 Å². The Labute approximate surface area is 166 Å². The number of carbonyl (C=O) groups excluding carboxylic acids is 2. The summed E-state index contributed by atoms with van der Waals surface area (Å²) in [6, 6.07) is 16.0. The quantitative estimate of drug-likeness (QED) is 0.539. The maximum absolute atomic E-state index is 12.4. The molecule has 0 heterocycles. The van der Waals surface area contributed by atoms with E-state index < -0.39 is 0 Å². The van der Waals surface area contributed by atoms with E-state index >= 15 is 0 Å². The van der Waals surface area contributed by atoms with Gasteiger partial charge in [-0.3, -0.25) is 4.79 Å². The zero-order chi connectivity index (χ0) is 19.8. The summed E-state index contributed by atoms with van der Waals surface area (Å²) in [6.45, 7) is 0. The van der Waals surface area contributed by atoms with E-state index in [1.807, 2.05) is 48.5 Å². The van der Waals surface area contributed by atoms with Crippen molar-refractivity contribution < 1.29 is 19.1 Å². The van der Waals surface area contributed by atoms with E-state index in [9.17, 15) is 9.59 Å². The van der Waals surface area contributed by atoms with Crippen LogP contribution in [0.4, 0.5) is 0 Å². The minimum Gasteiger partial charge on any atom is -0.493 e. The Kier molecular flexibility index (Phi) is 7.24. The summed E-state index contributed by atoms with van der Waals surface area (Å²) in [5.41, 5.74) is 2.11. The molecular formula is C24H28O4. The number of ketones is 1. The third-order valence-corrected chi connectivity index (χ3v) is 5.36. The Hall–Kier alpha value is -2.62. The van der Waals surface area contributed by atoms with Gasteiger partial charge in [-0.1, -0.05) is 36.4 Å². The normalized spacial score (nSPS) is 15.2. The first kappa shape index (κ1) is 20.1. The molecule has 0 N–H and O–H groups in total. The Morgan fingerprint density at radius 3 is 2.50 bits per heavy atom. The van der Waals surface area contributed by atoms with Gasteiger partial charge in [0.2, 0.25) is 0 Å². The van der Waals surface area contributed by atoms with Gasteiger partial charge >= 0.3 is 0 Å². The fraction of sp³-hybridized carbons (Fsp3) is 0.417. The highest BCUT2D eigenvalue weighted by Crippen LogP contribution is 2.37. The molecule has 0 amide bonds. The molecule has 0 bridgehead atoms. The fourth-order valence-corrected chi connectivity index (χ4v) is 3.85. The van der Waals surface area contributed by atoms with E-state index in [-0.39, 0.29) is 30.6 Å². The highest BCUT2D eigenvalue weighted by Gasteiger charge is 2.22. The molecule has 0 saturated heterocycles. The van der Waals surface area contributed by atoms with Crippen LogP contribution in [0.15, 0.2) is 48.5 Å². The number of rotatable bonds is 10. The summed E-state index contributed by atoms with van der Waals surface area (Å²) in [5.74, 6) is 1.48. The molecule has 0 radical (unpaired) electrons. The molecule has 4 heteroatoms. The number of Topliss-reactive ketones (excluding diaryl/α,β-unsaturated/α-hetero) is 1. The van der Waals surface area contributed by atoms with E-state index in [2.05, 4.69) is 0 Å². The summed E-state index contributed by atoms with van der Waals surface area (Å²) in [6.07, 6.45) is 6.50. The molecule has 1 unspecified atom stereocenters. The predicted octanol–water partition coefficient (Wildman–Crippen LogP) is 5.09. The van der Waals surface area contributed by atoms with E-state index in [0.717, 1.165) is 41.8 Å². The van der Waals surface area contributed by atoms with Gasteiger partial charge < -0.3 is 14.3 Å². The molecule has 28 heavy (non-hydrogen) atoms. The van der Waals surface area contributed by atoms with Crippen molar-refractivity contribution in [2.24, 2.45) is 0 Å². The molecule has 0 aromatic heterocycles. The second-order valence-corrected chi connectivity index (χ2v) is 7.35. The molecule has 148 valence electrons. The Morgan fingerprint density at radius 1 is 1.07 bits per heavy atom. The van der Waals surface area contributed by atoms with Crippen molar-refractivity contribution in [1.82, 2.24) is 0 Å². The van der Waals surface area contributed by atoms with Crippen molar-refractivity contribution in [3.63, 3.8) is 0 Å². The molecule has 0 spiro atoms. The maximum atomic E-state index is 12.4. The van der Waals surface area contributed by atoms with Gasteiger partial charge in [-0.25, -0.2) is 0 Å². The lowest BCUT2D eigenvalue weighted by molar-refractivity contribution is -0.120. The molecule has 1 aliphatic carbocycles. The smallest absolute Gasteiger partial charge is 0.161 e. The van der Waals surface area contributed by atoms with Crippen LogP contribution in [-0.4, -0.2) is 25.3 Å².